The van der Waals surface area contributed by atoms with Crippen LogP contribution in [0.25, 0.3) is 0 Å². The summed E-state index contributed by atoms with van der Waals surface area (Å²) in [6, 6.07) is 8.59. The summed E-state index contributed by atoms with van der Waals surface area (Å²) >= 11 is 5.96. The molecular weight excluding hydrogens is 252 g/mol. The number of aldehydes is 1. The summed E-state index contributed by atoms with van der Waals surface area (Å²) < 4.78 is 5.12. The summed E-state index contributed by atoms with van der Waals surface area (Å²) in [4.78, 5) is 15.0. The highest BCUT2D eigenvalue weighted by Crippen LogP contribution is 2.26. The number of pyridine rings is 1. The largest absolute Gasteiger partial charge is 0.497 e. The minimum atomic E-state index is 0.483. The Hall–Kier alpha value is -2.07. The number of carbonyl (C=O) groups excluding carboxylic acids is 1. The number of rotatable bonds is 4. The predicted octanol–water partition coefficient (Wildman–Crippen LogP) is 3.30. The molecule has 0 aliphatic rings. The zero-order valence-electron chi connectivity index (χ0n) is 9.68. The van der Waals surface area contributed by atoms with Gasteiger partial charge in [0, 0.05) is 23.0 Å². The second-order valence-electron chi connectivity index (χ2n) is 3.56. The standard InChI is InChI=1S/C13H11ClN2O2/c1-18-12-6-10(14)5-11(7-12)16-13-9(8-17)3-2-4-15-13/h2-8H,1H3,(H,15,16). The van der Waals surface area contributed by atoms with Crippen molar-refractivity contribution in [1.82, 2.24) is 4.98 Å². The van der Waals surface area contributed by atoms with Crippen LogP contribution in [-0.2, 0) is 0 Å². The Morgan fingerprint density at radius 3 is 2.94 bits per heavy atom. The van der Waals surface area contributed by atoms with Gasteiger partial charge in [-0.1, -0.05) is 11.6 Å². The predicted molar refractivity (Wildman–Crippen MR) is 70.9 cm³/mol. The highest BCUT2D eigenvalue weighted by Gasteiger charge is 2.04. The van der Waals surface area contributed by atoms with Gasteiger partial charge in [-0.25, -0.2) is 4.98 Å². The van der Waals surface area contributed by atoms with E-state index in [9.17, 15) is 4.79 Å². The van der Waals surface area contributed by atoms with Gasteiger partial charge in [-0.05, 0) is 24.3 Å². The van der Waals surface area contributed by atoms with E-state index in [2.05, 4.69) is 10.3 Å². The maximum absolute atomic E-state index is 10.9. The lowest BCUT2D eigenvalue weighted by Crippen LogP contribution is -1.98. The molecule has 18 heavy (non-hydrogen) atoms. The lowest BCUT2D eigenvalue weighted by atomic mass is 10.2. The minimum Gasteiger partial charge on any atom is -0.497 e. The molecule has 0 radical (unpaired) electrons. The molecule has 0 fully saturated rings. The smallest absolute Gasteiger partial charge is 0.153 e. The van der Waals surface area contributed by atoms with Crippen LogP contribution in [-0.4, -0.2) is 18.4 Å². The SMILES string of the molecule is COc1cc(Cl)cc(Nc2ncccc2C=O)c1. The van der Waals surface area contributed by atoms with Gasteiger partial charge in [0.1, 0.15) is 11.6 Å². The zero-order chi connectivity index (χ0) is 13.0. The molecule has 0 aliphatic heterocycles. The summed E-state index contributed by atoms with van der Waals surface area (Å²) in [5.74, 6) is 1.12. The molecule has 0 spiro atoms. The number of anilines is 2. The fraction of sp³-hybridized carbons (Fsp3) is 0.0769. The number of nitrogens with one attached hydrogen (secondary N) is 1. The Labute approximate surface area is 110 Å². The topological polar surface area (TPSA) is 51.2 Å². The fourth-order valence-electron chi connectivity index (χ4n) is 1.51. The van der Waals surface area contributed by atoms with E-state index >= 15 is 0 Å². The number of hydrogen-bond donors (Lipinski definition) is 1. The molecule has 0 bridgehead atoms. The molecule has 0 saturated heterocycles. The van der Waals surface area contributed by atoms with E-state index in [1.165, 1.54) is 0 Å². The first-order valence-corrected chi connectivity index (χ1v) is 5.62. The molecular formula is C13H11ClN2O2. The molecule has 0 aliphatic carbocycles. The number of methoxy groups -OCH3 is 1. The van der Waals surface area contributed by atoms with Crippen molar-refractivity contribution in [1.29, 1.82) is 0 Å². The maximum Gasteiger partial charge on any atom is 0.153 e. The number of benzene rings is 1. The van der Waals surface area contributed by atoms with E-state index in [-0.39, 0.29) is 0 Å². The van der Waals surface area contributed by atoms with Crippen molar-refractivity contribution in [2.75, 3.05) is 12.4 Å². The third-order valence-corrected chi connectivity index (χ3v) is 2.55. The zero-order valence-corrected chi connectivity index (χ0v) is 10.4. The molecule has 92 valence electrons. The summed E-state index contributed by atoms with van der Waals surface area (Å²) in [5, 5.41) is 3.57. The first-order chi connectivity index (χ1) is 8.72. The molecule has 5 heteroatoms. The van der Waals surface area contributed by atoms with Crippen molar-refractivity contribution in [3.05, 3.63) is 47.1 Å². The van der Waals surface area contributed by atoms with Gasteiger partial charge in [0.15, 0.2) is 6.29 Å². The minimum absolute atomic E-state index is 0.483. The van der Waals surface area contributed by atoms with Crippen molar-refractivity contribution in [3.63, 3.8) is 0 Å². The first-order valence-electron chi connectivity index (χ1n) is 5.24. The Bertz CT molecular complexity index is 573. The highest BCUT2D eigenvalue weighted by molar-refractivity contribution is 6.31. The van der Waals surface area contributed by atoms with E-state index in [4.69, 9.17) is 16.3 Å². The van der Waals surface area contributed by atoms with Gasteiger partial charge in [0.25, 0.3) is 0 Å². The molecule has 2 rings (SSSR count). The van der Waals surface area contributed by atoms with Crippen molar-refractivity contribution >= 4 is 29.4 Å². The van der Waals surface area contributed by atoms with Crippen molar-refractivity contribution < 1.29 is 9.53 Å². The summed E-state index contributed by atoms with van der Waals surface area (Å²) in [6.45, 7) is 0. The lowest BCUT2D eigenvalue weighted by Gasteiger charge is -2.09. The maximum atomic E-state index is 10.9. The molecule has 2 aromatic rings. The van der Waals surface area contributed by atoms with Gasteiger partial charge in [-0.2, -0.15) is 0 Å². The monoisotopic (exact) mass is 262 g/mol. The van der Waals surface area contributed by atoms with Crippen LogP contribution in [0.1, 0.15) is 10.4 Å². The summed E-state index contributed by atoms with van der Waals surface area (Å²) in [6.07, 6.45) is 2.36. The van der Waals surface area contributed by atoms with Crippen LogP contribution in [0, 0.1) is 0 Å². The Kier molecular flexibility index (Phi) is 3.79. The van der Waals surface area contributed by atoms with Crippen molar-refractivity contribution in [2.24, 2.45) is 0 Å². The van der Waals surface area contributed by atoms with Gasteiger partial charge < -0.3 is 10.1 Å². The Balaban J connectivity index is 2.33. The molecule has 1 aromatic carbocycles. The van der Waals surface area contributed by atoms with Crippen LogP contribution in [0.5, 0.6) is 5.75 Å². The molecule has 0 saturated carbocycles. The third kappa shape index (κ3) is 2.78. The van der Waals surface area contributed by atoms with Gasteiger partial charge in [0.05, 0.1) is 12.7 Å². The van der Waals surface area contributed by atoms with Gasteiger partial charge >= 0.3 is 0 Å². The van der Waals surface area contributed by atoms with Gasteiger partial charge in [-0.3, -0.25) is 4.79 Å². The number of hydrogen-bond acceptors (Lipinski definition) is 4. The Morgan fingerprint density at radius 1 is 1.39 bits per heavy atom. The number of halogens is 1. The quantitative estimate of drug-likeness (QED) is 0.859. The average molecular weight is 263 g/mol. The molecule has 1 heterocycles. The van der Waals surface area contributed by atoms with E-state index in [1.54, 1.807) is 43.6 Å². The van der Waals surface area contributed by atoms with E-state index < -0.39 is 0 Å². The van der Waals surface area contributed by atoms with E-state index in [1.807, 2.05) is 0 Å². The van der Waals surface area contributed by atoms with E-state index in [0.29, 0.717) is 27.8 Å². The molecule has 0 amide bonds. The first kappa shape index (κ1) is 12.4. The molecule has 4 nitrogen and oxygen atoms in total. The number of nitrogens with zero attached hydrogens (tertiary/aromatic N) is 1. The van der Waals surface area contributed by atoms with Crippen LogP contribution >= 0.6 is 11.6 Å². The van der Waals surface area contributed by atoms with Gasteiger partial charge in [0.2, 0.25) is 0 Å². The normalized spacial score (nSPS) is 9.89. The molecule has 0 atom stereocenters. The fourth-order valence-corrected chi connectivity index (χ4v) is 1.73. The summed E-state index contributed by atoms with van der Waals surface area (Å²) in [5.41, 5.74) is 1.19. The van der Waals surface area contributed by atoms with Crippen LogP contribution in [0.4, 0.5) is 11.5 Å². The molecule has 0 unspecified atom stereocenters. The number of aromatic nitrogens is 1. The van der Waals surface area contributed by atoms with Crippen LogP contribution in [0.2, 0.25) is 5.02 Å². The molecule has 1 aromatic heterocycles. The number of ether oxygens (including phenoxy) is 1. The lowest BCUT2D eigenvalue weighted by molar-refractivity contribution is 0.112. The third-order valence-electron chi connectivity index (χ3n) is 2.34. The highest BCUT2D eigenvalue weighted by atomic mass is 35.5. The van der Waals surface area contributed by atoms with Crippen molar-refractivity contribution in [2.45, 2.75) is 0 Å². The van der Waals surface area contributed by atoms with Crippen LogP contribution in [0.3, 0.4) is 0 Å². The number of carbonyl (C=O) groups is 1. The van der Waals surface area contributed by atoms with Gasteiger partial charge in [-0.15, -0.1) is 0 Å². The summed E-state index contributed by atoms with van der Waals surface area (Å²) in [7, 11) is 1.56. The van der Waals surface area contributed by atoms with E-state index in [0.717, 1.165) is 6.29 Å². The average Bonchev–Trinajstić information content (AvgIpc) is 2.38. The second-order valence-corrected chi connectivity index (χ2v) is 4.00. The second kappa shape index (κ2) is 5.51. The Morgan fingerprint density at radius 2 is 2.22 bits per heavy atom. The van der Waals surface area contributed by atoms with Crippen LogP contribution < -0.4 is 10.1 Å². The van der Waals surface area contributed by atoms with Crippen LogP contribution in [0.15, 0.2) is 36.5 Å². The van der Waals surface area contributed by atoms with Crippen molar-refractivity contribution in [3.8, 4) is 5.75 Å². The molecule has 1 N–H and O–H groups in total.